The molecule has 1 heterocycles. The minimum atomic E-state index is -0.742. The largest absolute Gasteiger partial charge is 0.479 e. The molecule has 0 saturated heterocycles. The number of hydrogen-bond acceptors (Lipinski definition) is 6. The van der Waals surface area contributed by atoms with Crippen LogP contribution in [-0.2, 0) is 9.57 Å². The summed E-state index contributed by atoms with van der Waals surface area (Å²) >= 11 is 12.3. The van der Waals surface area contributed by atoms with Crippen molar-refractivity contribution in [3.8, 4) is 11.3 Å². The van der Waals surface area contributed by atoms with Gasteiger partial charge in [-0.2, -0.15) is 0 Å². The van der Waals surface area contributed by atoms with E-state index in [9.17, 15) is 4.79 Å². The van der Waals surface area contributed by atoms with Crippen LogP contribution in [0.5, 0.6) is 0 Å². The average molecular weight is 357 g/mol. The van der Waals surface area contributed by atoms with Gasteiger partial charge in [-0.3, -0.25) is 0 Å². The summed E-state index contributed by atoms with van der Waals surface area (Å²) in [6, 6.07) is 4.97. The Bertz CT molecular complexity index is 736. The van der Waals surface area contributed by atoms with Crippen molar-refractivity contribution in [3.05, 3.63) is 39.6 Å². The number of ether oxygens (including phenoxy) is 1. The first-order valence-corrected chi connectivity index (χ1v) is 7.50. The molecule has 0 spiro atoms. The zero-order valence-electron chi connectivity index (χ0n) is 12.7. The van der Waals surface area contributed by atoms with E-state index in [-0.39, 0.29) is 22.9 Å². The number of nitrogens with zero attached hydrogens (tertiary/aromatic N) is 2. The van der Waals surface area contributed by atoms with Crippen molar-refractivity contribution in [3.63, 3.8) is 0 Å². The molecular formula is C15H14Cl2N2O4. The summed E-state index contributed by atoms with van der Waals surface area (Å²) in [5.74, 6) is -0.244. The first-order valence-electron chi connectivity index (χ1n) is 6.75. The van der Waals surface area contributed by atoms with Gasteiger partial charge in [0.25, 0.3) is 0 Å². The second-order valence-electron chi connectivity index (χ2n) is 4.48. The predicted molar refractivity (Wildman–Crippen MR) is 86.8 cm³/mol. The molecule has 8 heteroatoms. The molecule has 0 N–H and O–H groups in total. The molecule has 0 aliphatic carbocycles. The number of aryl methyl sites for hydroxylation is 1. The van der Waals surface area contributed by atoms with Crippen LogP contribution in [0.2, 0.25) is 10.0 Å². The third-order valence-electron chi connectivity index (χ3n) is 2.88. The van der Waals surface area contributed by atoms with Crippen molar-refractivity contribution in [1.29, 1.82) is 0 Å². The number of benzene rings is 1. The van der Waals surface area contributed by atoms with Gasteiger partial charge in [0, 0.05) is 12.5 Å². The van der Waals surface area contributed by atoms with Gasteiger partial charge >= 0.3 is 5.97 Å². The highest BCUT2D eigenvalue weighted by molar-refractivity contribution is 6.39. The normalized spacial score (nSPS) is 11.4. The fraction of sp³-hybridized carbons (Fsp3) is 0.267. The highest BCUT2D eigenvalue weighted by Crippen LogP contribution is 2.36. The van der Waals surface area contributed by atoms with Gasteiger partial charge < -0.3 is 14.1 Å². The summed E-state index contributed by atoms with van der Waals surface area (Å²) in [6.45, 7) is 5.36. The van der Waals surface area contributed by atoms with E-state index in [4.69, 9.17) is 37.3 Å². The summed E-state index contributed by atoms with van der Waals surface area (Å²) in [5, 5.41) is 8.15. The van der Waals surface area contributed by atoms with Crippen molar-refractivity contribution in [2.75, 3.05) is 6.61 Å². The number of halogens is 2. The first-order chi connectivity index (χ1) is 11.0. The van der Waals surface area contributed by atoms with Crippen molar-refractivity contribution >= 4 is 35.1 Å². The van der Waals surface area contributed by atoms with Crippen LogP contribution in [0, 0.1) is 6.92 Å². The first kappa shape index (κ1) is 17.3. The van der Waals surface area contributed by atoms with Crippen LogP contribution >= 0.6 is 23.2 Å². The van der Waals surface area contributed by atoms with Crippen LogP contribution in [0.4, 0.5) is 0 Å². The van der Waals surface area contributed by atoms with Crippen LogP contribution in [0.3, 0.4) is 0 Å². The molecule has 0 unspecified atom stereocenters. The molecule has 6 nitrogen and oxygen atoms in total. The predicted octanol–water partition coefficient (Wildman–Crippen LogP) is 4.48. The Balaban J connectivity index is 2.40. The maximum Gasteiger partial charge on any atom is 0.371 e. The Hall–Kier alpha value is -2.05. The van der Waals surface area contributed by atoms with Crippen LogP contribution in [0.15, 0.2) is 27.9 Å². The Morgan fingerprint density at radius 3 is 2.61 bits per heavy atom. The minimum absolute atomic E-state index is 0.105. The third-order valence-corrected chi connectivity index (χ3v) is 3.51. The number of oxime groups is 1. The van der Waals surface area contributed by atoms with Crippen LogP contribution in [0.1, 0.15) is 30.0 Å². The second kappa shape index (κ2) is 7.48. The number of rotatable bonds is 4. The van der Waals surface area contributed by atoms with Crippen molar-refractivity contribution in [2.24, 2.45) is 5.16 Å². The lowest BCUT2D eigenvalue weighted by molar-refractivity contribution is 0.0500. The molecule has 0 fully saturated rings. The fourth-order valence-corrected chi connectivity index (χ4v) is 2.47. The van der Waals surface area contributed by atoms with Crippen molar-refractivity contribution < 1.29 is 18.9 Å². The molecule has 0 radical (unpaired) electrons. The lowest BCUT2D eigenvalue weighted by atomic mass is 10.1. The number of carbonyl (C=O) groups is 1. The van der Waals surface area contributed by atoms with Crippen molar-refractivity contribution in [2.45, 2.75) is 20.8 Å². The zero-order chi connectivity index (χ0) is 17.0. The molecule has 0 saturated carbocycles. The minimum Gasteiger partial charge on any atom is -0.479 e. The SMILES string of the molecule is CCO/C(C)=N\OC(=O)c1c(-c2c(Cl)cccc2Cl)noc1C. The highest BCUT2D eigenvalue weighted by atomic mass is 35.5. The Morgan fingerprint density at radius 1 is 1.35 bits per heavy atom. The molecule has 2 aromatic rings. The summed E-state index contributed by atoms with van der Waals surface area (Å²) in [4.78, 5) is 17.1. The molecule has 0 atom stereocenters. The smallest absolute Gasteiger partial charge is 0.371 e. The van der Waals surface area contributed by atoms with Gasteiger partial charge in [-0.05, 0) is 31.1 Å². The van der Waals surface area contributed by atoms with Crippen LogP contribution < -0.4 is 0 Å². The topological polar surface area (TPSA) is 73.9 Å². The third kappa shape index (κ3) is 3.83. The van der Waals surface area contributed by atoms with Crippen molar-refractivity contribution in [1.82, 2.24) is 5.16 Å². The second-order valence-corrected chi connectivity index (χ2v) is 5.30. The molecule has 23 heavy (non-hydrogen) atoms. The van der Waals surface area contributed by atoms with Gasteiger partial charge in [0.2, 0.25) is 5.90 Å². The van der Waals surface area contributed by atoms with E-state index in [1.165, 1.54) is 0 Å². The molecule has 0 amide bonds. The Morgan fingerprint density at radius 2 is 2.00 bits per heavy atom. The van der Waals surface area contributed by atoms with E-state index < -0.39 is 5.97 Å². The molecule has 0 aliphatic rings. The molecule has 1 aromatic carbocycles. The molecular weight excluding hydrogens is 343 g/mol. The molecule has 122 valence electrons. The summed E-state index contributed by atoms with van der Waals surface area (Å²) in [7, 11) is 0. The van der Waals surface area contributed by atoms with E-state index in [0.717, 1.165) is 0 Å². The van der Waals surface area contributed by atoms with E-state index >= 15 is 0 Å². The molecule has 0 bridgehead atoms. The highest BCUT2D eigenvalue weighted by Gasteiger charge is 2.26. The summed E-state index contributed by atoms with van der Waals surface area (Å²) < 4.78 is 10.2. The van der Waals surface area contributed by atoms with E-state index in [0.29, 0.717) is 22.2 Å². The standard InChI is InChI=1S/C15H14Cl2N2O4/c1-4-21-9(3)18-23-15(20)12-8(2)22-19-14(12)13-10(16)6-5-7-11(13)17/h5-7H,4H2,1-3H3/b18-9-. The maximum absolute atomic E-state index is 12.3. The van der Waals surface area contributed by atoms with Gasteiger partial charge in [-0.25, -0.2) is 4.79 Å². The average Bonchev–Trinajstić information content (AvgIpc) is 2.87. The Kier molecular flexibility index (Phi) is 5.63. The van der Waals surface area contributed by atoms with E-state index in [2.05, 4.69) is 10.3 Å². The number of aromatic nitrogens is 1. The Labute approximate surface area is 142 Å². The van der Waals surface area contributed by atoms with Crippen LogP contribution in [-0.4, -0.2) is 23.6 Å². The maximum atomic E-state index is 12.3. The zero-order valence-corrected chi connectivity index (χ0v) is 14.2. The molecule has 0 aliphatic heterocycles. The lowest BCUT2D eigenvalue weighted by Gasteiger charge is -2.05. The van der Waals surface area contributed by atoms with Gasteiger partial charge in [-0.15, -0.1) is 0 Å². The monoisotopic (exact) mass is 356 g/mol. The molecule has 1 aromatic heterocycles. The van der Waals surface area contributed by atoms with Gasteiger partial charge in [-0.1, -0.05) is 34.4 Å². The molecule has 2 rings (SSSR count). The fourth-order valence-electron chi connectivity index (χ4n) is 1.89. The number of carbonyl (C=O) groups excluding carboxylic acids is 1. The van der Waals surface area contributed by atoms with Gasteiger partial charge in [0.1, 0.15) is 17.0 Å². The van der Waals surface area contributed by atoms with Gasteiger partial charge in [0.15, 0.2) is 0 Å². The van der Waals surface area contributed by atoms with Crippen LogP contribution in [0.25, 0.3) is 11.3 Å². The summed E-state index contributed by atoms with van der Waals surface area (Å²) in [6.07, 6.45) is 0. The van der Waals surface area contributed by atoms with Gasteiger partial charge in [0.05, 0.1) is 16.7 Å². The quantitative estimate of drug-likeness (QED) is 0.349. The number of hydrogen-bond donors (Lipinski definition) is 0. The van der Waals surface area contributed by atoms with E-state index in [1.807, 2.05) is 0 Å². The lowest BCUT2D eigenvalue weighted by Crippen LogP contribution is -2.07. The van der Waals surface area contributed by atoms with E-state index in [1.54, 1.807) is 39.0 Å². The summed E-state index contributed by atoms with van der Waals surface area (Å²) in [5.41, 5.74) is 0.700.